The van der Waals surface area contributed by atoms with E-state index in [1.807, 2.05) is 19.2 Å². The molecule has 1 N–H and O–H groups in total. The minimum absolute atomic E-state index is 0.125. The van der Waals surface area contributed by atoms with Crippen LogP contribution in [0.4, 0.5) is 4.39 Å². The highest BCUT2D eigenvalue weighted by Crippen LogP contribution is 2.31. The second-order valence-electron chi connectivity index (χ2n) is 4.18. The van der Waals surface area contributed by atoms with Crippen LogP contribution in [0.25, 0.3) is 0 Å². The molecule has 2 aromatic rings. The zero-order valence-corrected chi connectivity index (χ0v) is 12.0. The lowest BCUT2D eigenvalue weighted by molar-refractivity contribution is 0.403. The first-order valence-electron chi connectivity index (χ1n) is 6.08. The van der Waals surface area contributed by atoms with Crippen LogP contribution in [0.15, 0.2) is 36.4 Å². The van der Waals surface area contributed by atoms with Crippen molar-refractivity contribution < 1.29 is 13.9 Å². The van der Waals surface area contributed by atoms with Crippen LogP contribution in [0.5, 0.6) is 17.2 Å². The van der Waals surface area contributed by atoms with Crippen molar-refractivity contribution in [2.45, 2.75) is 6.54 Å². The van der Waals surface area contributed by atoms with Crippen LogP contribution in [0, 0.1) is 5.82 Å². The molecule has 0 fully saturated rings. The van der Waals surface area contributed by atoms with E-state index in [-0.39, 0.29) is 5.75 Å². The second kappa shape index (κ2) is 6.59. The molecule has 0 saturated carbocycles. The topological polar surface area (TPSA) is 30.5 Å². The van der Waals surface area contributed by atoms with Gasteiger partial charge in [0, 0.05) is 23.2 Å². The first-order valence-corrected chi connectivity index (χ1v) is 6.46. The fourth-order valence-corrected chi connectivity index (χ4v) is 1.93. The van der Waals surface area contributed by atoms with Gasteiger partial charge in [0.15, 0.2) is 11.6 Å². The summed E-state index contributed by atoms with van der Waals surface area (Å²) in [6.45, 7) is 0.606. The molecular formula is C15H15ClFNO2. The molecule has 3 nitrogen and oxygen atoms in total. The summed E-state index contributed by atoms with van der Waals surface area (Å²) in [5.41, 5.74) is 0.905. The molecular weight excluding hydrogens is 281 g/mol. The molecule has 0 spiro atoms. The van der Waals surface area contributed by atoms with E-state index in [1.54, 1.807) is 19.2 Å². The maximum Gasteiger partial charge on any atom is 0.167 e. The number of rotatable bonds is 5. The Kier molecular flexibility index (Phi) is 4.82. The SMILES string of the molecule is CNCc1ccc(OC)cc1Oc1ccc(Cl)cc1F. The highest BCUT2D eigenvalue weighted by Gasteiger charge is 2.10. The number of ether oxygens (including phenoxy) is 2. The normalized spacial score (nSPS) is 10.4. The summed E-state index contributed by atoms with van der Waals surface area (Å²) in [5, 5.41) is 3.37. The molecule has 2 rings (SSSR count). The van der Waals surface area contributed by atoms with Gasteiger partial charge in [0.05, 0.1) is 7.11 Å². The molecule has 0 aliphatic carbocycles. The van der Waals surface area contributed by atoms with Crippen molar-refractivity contribution in [3.05, 3.63) is 52.8 Å². The zero-order valence-electron chi connectivity index (χ0n) is 11.2. The summed E-state index contributed by atoms with van der Waals surface area (Å²) < 4.78 is 24.6. The third-order valence-corrected chi connectivity index (χ3v) is 2.99. The largest absolute Gasteiger partial charge is 0.497 e. The third kappa shape index (κ3) is 3.40. The average Bonchev–Trinajstić information content (AvgIpc) is 2.44. The van der Waals surface area contributed by atoms with Crippen LogP contribution in [0.1, 0.15) is 5.56 Å². The fourth-order valence-electron chi connectivity index (χ4n) is 1.77. The van der Waals surface area contributed by atoms with Gasteiger partial charge < -0.3 is 14.8 Å². The van der Waals surface area contributed by atoms with E-state index in [1.165, 1.54) is 12.1 Å². The van der Waals surface area contributed by atoms with Gasteiger partial charge in [-0.15, -0.1) is 0 Å². The van der Waals surface area contributed by atoms with Crippen molar-refractivity contribution in [2.24, 2.45) is 0 Å². The molecule has 0 aromatic heterocycles. The van der Waals surface area contributed by atoms with Crippen LogP contribution in [0.2, 0.25) is 5.02 Å². The van der Waals surface area contributed by atoms with Gasteiger partial charge in [0.1, 0.15) is 11.5 Å². The van der Waals surface area contributed by atoms with Gasteiger partial charge in [0.25, 0.3) is 0 Å². The van der Waals surface area contributed by atoms with Gasteiger partial charge in [-0.2, -0.15) is 0 Å². The number of methoxy groups -OCH3 is 1. The maximum atomic E-state index is 13.8. The monoisotopic (exact) mass is 295 g/mol. The molecule has 0 bridgehead atoms. The van der Waals surface area contributed by atoms with E-state index >= 15 is 0 Å². The van der Waals surface area contributed by atoms with Gasteiger partial charge in [-0.05, 0) is 31.3 Å². The van der Waals surface area contributed by atoms with Crippen LogP contribution in [-0.4, -0.2) is 14.2 Å². The fraction of sp³-hybridized carbons (Fsp3) is 0.200. The number of benzene rings is 2. The highest BCUT2D eigenvalue weighted by atomic mass is 35.5. The molecule has 20 heavy (non-hydrogen) atoms. The van der Waals surface area contributed by atoms with Crippen LogP contribution in [0.3, 0.4) is 0 Å². The Morgan fingerprint density at radius 2 is 1.95 bits per heavy atom. The third-order valence-electron chi connectivity index (χ3n) is 2.76. The van der Waals surface area contributed by atoms with Gasteiger partial charge in [-0.3, -0.25) is 0 Å². The lowest BCUT2D eigenvalue weighted by atomic mass is 10.2. The van der Waals surface area contributed by atoms with E-state index in [2.05, 4.69) is 5.32 Å². The summed E-state index contributed by atoms with van der Waals surface area (Å²) >= 11 is 5.72. The van der Waals surface area contributed by atoms with Crippen molar-refractivity contribution >= 4 is 11.6 Å². The van der Waals surface area contributed by atoms with Gasteiger partial charge in [0.2, 0.25) is 0 Å². The summed E-state index contributed by atoms with van der Waals surface area (Å²) in [4.78, 5) is 0. The Balaban J connectivity index is 2.35. The smallest absolute Gasteiger partial charge is 0.167 e. The molecule has 5 heteroatoms. The summed E-state index contributed by atoms with van der Waals surface area (Å²) in [5.74, 6) is 0.810. The van der Waals surface area contributed by atoms with Crippen molar-refractivity contribution in [1.82, 2.24) is 5.32 Å². The molecule has 0 atom stereocenters. The Morgan fingerprint density at radius 1 is 1.15 bits per heavy atom. The Bertz CT molecular complexity index is 604. The van der Waals surface area contributed by atoms with Crippen molar-refractivity contribution in [1.29, 1.82) is 0 Å². The molecule has 0 amide bonds. The minimum Gasteiger partial charge on any atom is -0.497 e. The molecule has 0 saturated heterocycles. The van der Waals surface area contributed by atoms with Crippen LogP contribution < -0.4 is 14.8 Å². The van der Waals surface area contributed by atoms with Crippen molar-refractivity contribution in [3.8, 4) is 17.2 Å². The number of nitrogens with one attached hydrogen (secondary N) is 1. The molecule has 0 heterocycles. The molecule has 0 aliphatic heterocycles. The van der Waals surface area contributed by atoms with E-state index in [0.29, 0.717) is 23.1 Å². The molecule has 0 radical (unpaired) electrons. The van der Waals surface area contributed by atoms with Gasteiger partial charge in [-0.1, -0.05) is 17.7 Å². The van der Waals surface area contributed by atoms with Gasteiger partial charge >= 0.3 is 0 Å². The molecule has 0 aliphatic rings. The number of halogens is 2. The molecule has 0 unspecified atom stereocenters. The first kappa shape index (κ1) is 14.6. The average molecular weight is 296 g/mol. The standard InChI is InChI=1S/C15H15ClFNO2/c1-18-9-10-3-5-12(19-2)8-15(10)20-14-6-4-11(16)7-13(14)17/h3-8,18H,9H2,1-2H3. The van der Waals surface area contributed by atoms with Gasteiger partial charge in [-0.25, -0.2) is 4.39 Å². The van der Waals surface area contributed by atoms with Crippen molar-refractivity contribution in [3.63, 3.8) is 0 Å². The highest BCUT2D eigenvalue weighted by molar-refractivity contribution is 6.30. The number of hydrogen-bond donors (Lipinski definition) is 1. The Labute approximate surface area is 122 Å². The Morgan fingerprint density at radius 3 is 2.60 bits per heavy atom. The lowest BCUT2D eigenvalue weighted by Gasteiger charge is -2.13. The van der Waals surface area contributed by atoms with Crippen LogP contribution >= 0.6 is 11.6 Å². The van der Waals surface area contributed by atoms with Crippen LogP contribution in [-0.2, 0) is 6.54 Å². The summed E-state index contributed by atoms with van der Waals surface area (Å²) in [6.07, 6.45) is 0. The Hall–Kier alpha value is -1.78. The molecule has 2 aromatic carbocycles. The minimum atomic E-state index is -0.504. The summed E-state index contributed by atoms with van der Waals surface area (Å²) in [6, 6.07) is 9.73. The number of hydrogen-bond acceptors (Lipinski definition) is 3. The quantitative estimate of drug-likeness (QED) is 0.904. The molecule has 106 valence electrons. The van der Waals surface area contributed by atoms with E-state index < -0.39 is 5.82 Å². The first-order chi connectivity index (χ1) is 9.63. The predicted octanol–water partition coefficient (Wildman–Crippen LogP) is 4.00. The lowest BCUT2D eigenvalue weighted by Crippen LogP contribution is -2.06. The van der Waals surface area contributed by atoms with Crippen molar-refractivity contribution in [2.75, 3.05) is 14.2 Å². The maximum absolute atomic E-state index is 13.8. The van der Waals surface area contributed by atoms with E-state index in [0.717, 1.165) is 5.56 Å². The second-order valence-corrected chi connectivity index (χ2v) is 4.62. The zero-order chi connectivity index (χ0) is 14.5. The van der Waals surface area contributed by atoms with E-state index in [4.69, 9.17) is 21.1 Å². The summed E-state index contributed by atoms with van der Waals surface area (Å²) in [7, 11) is 3.40. The van der Waals surface area contributed by atoms with E-state index in [9.17, 15) is 4.39 Å². The predicted molar refractivity (Wildman–Crippen MR) is 77.2 cm³/mol.